The molecule has 1 fully saturated rings. The Morgan fingerprint density at radius 3 is 3.12 bits per heavy atom. The van der Waals surface area contributed by atoms with Crippen LogP contribution in [0.4, 0.5) is 0 Å². The van der Waals surface area contributed by atoms with Crippen molar-refractivity contribution in [3.8, 4) is 0 Å². The third-order valence-corrected chi connectivity index (χ3v) is 1.97. The highest BCUT2D eigenvalue weighted by molar-refractivity contribution is 5.91. The lowest BCUT2D eigenvalue weighted by molar-refractivity contribution is -0.115. The molecule has 2 aliphatic carbocycles. The van der Waals surface area contributed by atoms with Crippen molar-refractivity contribution >= 4 is 5.78 Å². The monoisotopic (exact) mass is 108 g/mol. The van der Waals surface area contributed by atoms with E-state index < -0.39 is 0 Å². The summed E-state index contributed by atoms with van der Waals surface area (Å²) in [6.45, 7) is 0. The van der Waals surface area contributed by atoms with Crippen molar-refractivity contribution in [1.29, 1.82) is 0 Å². The summed E-state index contributed by atoms with van der Waals surface area (Å²) < 4.78 is 0. The molecule has 0 spiro atoms. The van der Waals surface area contributed by atoms with E-state index in [1.54, 1.807) is 6.08 Å². The molecule has 0 N–H and O–H groups in total. The highest BCUT2D eigenvalue weighted by Crippen LogP contribution is 2.44. The van der Waals surface area contributed by atoms with E-state index in [2.05, 4.69) is 6.08 Å². The number of ketones is 1. The molecule has 42 valence electrons. The van der Waals surface area contributed by atoms with E-state index in [9.17, 15) is 4.79 Å². The molecule has 2 atom stereocenters. The quantitative estimate of drug-likeness (QED) is 0.455. The highest BCUT2D eigenvalue weighted by atomic mass is 16.1. The van der Waals surface area contributed by atoms with Gasteiger partial charge in [0.25, 0.3) is 0 Å². The molecule has 0 unspecified atom stereocenters. The summed E-state index contributed by atoms with van der Waals surface area (Å²) in [5.41, 5.74) is 0. The van der Waals surface area contributed by atoms with E-state index in [1.165, 1.54) is 6.42 Å². The molecular weight excluding hydrogens is 100 g/mol. The van der Waals surface area contributed by atoms with Gasteiger partial charge in [-0.2, -0.15) is 0 Å². The number of fused-ring (bicyclic) bond motifs is 1. The third-order valence-electron chi connectivity index (χ3n) is 1.97. The molecule has 1 saturated carbocycles. The Morgan fingerprint density at radius 1 is 1.62 bits per heavy atom. The summed E-state index contributed by atoms with van der Waals surface area (Å²) in [4.78, 5) is 10.6. The molecule has 0 radical (unpaired) electrons. The Balaban J connectivity index is 2.21. The van der Waals surface area contributed by atoms with Crippen LogP contribution in [0.2, 0.25) is 0 Å². The summed E-state index contributed by atoms with van der Waals surface area (Å²) in [5, 5.41) is 0. The van der Waals surface area contributed by atoms with Crippen molar-refractivity contribution in [3.05, 3.63) is 12.2 Å². The molecule has 1 nitrogen and oxygen atoms in total. The van der Waals surface area contributed by atoms with Crippen molar-refractivity contribution in [3.63, 3.8) is 0 Å². The first kappa shape index (κ1) is 4.30. The van der Waals surface area contributed by atoms with Gasteiger partial charge in [-0.1, -0.05) is 6.08 Å². The van der Waals surface area contributed by atoms with Crippen LogP contribution in [0.15, 0.2) is 12.2 Å². The number of carbonyl (C=O) groups is 1. The molecule has 2 rings (SSSR count). The topological polar surface area (TPSA) is 17.1 Å². The smallest absolute Gasteiger partial charge is 0.155 e. The summed E-state index contributed by atoms with van der Waals surface area (Å²) in [5.74, 6) is 1.85. The first-order chi connectivity index (χ1) is 3.86. The van der Waals surface area contributed by atoms with Crippen molar-refractivity contribution in [2.24, 2.45) is 11.8 Å². The first-order valence-electron chi connectivity index (χ1n) is 3.07. The van der Waals surface area contributed by atoms with E-state index >= 15 is 0 Å². The number of hydrogen-bond donors (Lipinski definition) is 0. The average molecular weight is 108 g/mol. The van der Waals surface area contributed by atoms with Crippen LogP contribution >= 0.6 is 0 Å². The second-order valence-corrected chi connectivity index (χ2v) is 2.69. The van der Waals surface area contributed by atoms with Gasteiger partial charge < -0.3 is 0 Å². The van der Waals surface area contributed by atoms with Crippen LogP contribution in [0.1, 0.15) is 12.8 Å². The molecule has 0 aromatic carbocycles. The van der Waals surface area contributed by atoms with Gasteiger partial charge >= 0.3 is 0 Å². The van der Waals surface area contributed by atoms with Gasteiger partial charge in [-0.25, -0.2) is 0 Å². The van der Waals surface area contributed by atoms with E-state index in [4.69, 9.17) is 0 Å². The Kier molecular flexibility index (Phi) is 0.655. The number of hydrogen-bond acceptors (Lipinski definition) is 1. The van der Waals surface area contributed by atoms with E-state index in [0.717, 1.165) is 18.3 Å². The summed E-state index contributed by atoms with van der Waals surface area (Å²) in [7, 11) is 0. The molecule has 1 heteroatoms. The van der Waals surface area contributed by atoms with Gasteiger partial charge in [0.1, 0.15) is 0 Å². The van der Waals surface area contributed by atoms with Gasteiger partial charge in [-0.3, -0.25) is 4.79 Å². The lowest BCUT2D eigenvalue weighted by Crippen LogP contribution is -1.99. The van der Waals surface area contributed by atoms with Crippen LogP contribution in [0.25, 0.3) is 0 Å². The SMILES string of the molecule is O=C1C=C[C@H]2C[C@H]2C1. The zero-order valence-corrected chi connectivity index (χ0v) is 4.63. The Bertz CT molecular complexity index is 158. The van der Waals surface area contributed by atoms with Crippen molar-refractivity contribution < 1.29 is 4.79 Å². The second-order valence-electron chi connectivity index (χ2n) is 2.69. The maximum atomic E-state index is 10.6. The van der Waals surface area contributed by atoms with Crippen LogP contribution < -0.4 is 0 Å². The molecular formula is C7H8O. The van der Waals surface area contributed by atoms with Crippen LogP contribution in [-0.4, -0.2) is 5.78 Å². The van der Waals surface area contributed by atoms with Crippen LogP contribution in [-0.2, 0) is 4.79 Å². The second kappa shape index (κ2) is 1.22. The summed E-state index contributed by atoms with van der Waals surface area (Å²) in [6.07, 6.45) is 5.87. The lowest BCUT2D eigenvalue weighted by atomic mass is 10.1. The minimum absolute atomic E-state index is 0.323. The number of allylic oxidation sites excluding steroid dienone is 2. The molecule has 8 heavy (non-hydrogen) atoms. The van der Waals surface area contributed by atoms with Crippen molar-refractivity contribution in [2.45, 2.75) is 12.8 Å². The fourth-order valence-corrected chi connectivity index (χ4v) is 1.30. The molecule has 0 heterocycles. The fourth-order valence-electron chi connectivity index (χ4n) is 1.30. The minimum Gasteiger partial charge on any atom is -0.295 e. The van der Waals surface area contributed by atoms with Crippen molar-refractivity contribution in [1.82, 2.24) is 0 Å². The molecule has 0 bridgehead atoms. The zero-order valence-electron chi connectivity index (χ0n) is 4.63. The predicted molar refractivity (Wildman–Crippen MR) is 30.4 cm³/mol. The average Bonchev–Trinajstić information content (AvgIpc) is 2.43. The maximum Gasteiger partial charge on any atom is 0.155 e. The summed E-state index contributed by atoms with van der Waals surface area (Å²) >= 11 is 0. The molecule has 0 amide bonds. The predicted octanol–water partition coefficient (Wildman–Crippen LogP) is 1.15. The first-order valence-corrected chi connectivity index (χ1v) is 3.07. The number of rotatable bonds is 0. The van der Waals surface area contributed by atoms with E-state index in [1.807, 2.05) is 0 Å². The Morgan fingerprint density at radius 2 is 2.50 bits per heavy atom. The summed E-state index contributed by atoms with van der Waals surface area (Å²) in [6, 6.07) is 0. The third kappa shape index (κ3) is 0.507. The standard InChI is InChI=1S/C7H8O/c8-7-2-1-5-3-6(5)4-7/h1-2,5-6H,3-4H2/t5-,6-/m0/s1. The van der Waals surface area contributed by atoms with E-state index in [-0.39, 0.29) is 0 Å². The van der Waals surface area contributed by atoms with Gasteiger partial charge in [-0.05, 0) is 24.3 Å². The van der Waals surface area contributed by atoms with Gasteiger partial charge in [-0.15, -0.1) is 0 Å². The molecule has 0 saturated heterocycles. The normalized spacial score (nSPS) is 41.8. The largest absolute Gasteiger partial charge is 0.295 e. The fraction of sp³-hybridized carbons (Fsp3) is 0.571. The van der Waals surface area contributed by atoms with Gasteiger partial charge in [0.2, 0.25) is 0 Å². The maximum absolute atomic E-state index is 10.6. The van der Waals surface area contributed by atoms with Crippen LogP contribution in [0, 0.1) is 11.8 Å². The van der Waals surface area contributed by atoms with Gasteiger partial charge in [0, 0.05) is 6.42 Å². The van der Waals surface area contributed by atoms with Crippen LogP contribution in [0.3, 0.4) is 0 Å². The molecule has 0 aromatic heterocycles. The Labute approximate surface area is 48.4 Å². The van der Waals surface area contributed by atoms with E-state index in [0.29, 0.717) is 5.78 Å². The lowest BCUT2D eigenvalue weighted by Gasteiger charge is -1.96. The molecule has 0 aromatic rings. The molecule has 2 aliphatic rings. The van der Waals surface area contributed by atoms with Gasteiger partial charge in [0.05, 0.1) is 0 Å². The number of carbonyl (C=O) groups excluding carboxylic acids is 1. The van der Waals surface area contributed by atoms with Gasteiger partial charge in [0.15, 0.2) is 5.78 Å². The molecule has 0 aliphatic heterocycles. The van der Waals surface area contributed by atoms with Crippen molar-refractivity contribution in [2.75, 3.05) is 0 Å². The minimum atomic E-state index is 0.323. The van der Waals surface area contributed by atoms with Crippen LogP contribution in [0.5, 0.6) is 0 Å². The highest BCUT2D eigenvalue weighted by Gasteiger charge is 2.38. The zero-order chi connectivity index (χ0) is 5.56. The Hall–Kier alpha value is -0.590.